The lowest BCUT2D eigenvalue weighted by molar-refractivity contribution is 0.00578. The van der Waals surface area contributed by atoms with Crippen LogP contribution in [0.2, 0.25) is 0 Å². The fourth-order valence-corrected chi connectivity index (χ4v) is 2.35. The summed E-state index contributed by atoms with van der Waals surface area (Å²) in [5, 5.41) is 0. The van der Waals surface area contributed by atoms with Crippen molar-refractivity contribution in [2.75, 3.05) is 0 Å². The van der Waals surface area contributed by atoms with Gasteiger partial charge in [0.15, 0.2) is 5.69 Å². The molecule has 4 heteroatoms. The third kappa shape index (κ3) is 2.29. The molecule has 2 rings (SSSR count). The van der Waals surface area contributed by atoms with E-state index in [1.54, 1.807) is 0 Å². The van der Waals surface area contributed by atoms with Crippen molar-refractivity contribution in [3.05, 3.63) is 34.7 Å². The molecule has 0 atom stereocenters. The van der Waals surface area contributed by atoms with Crippen molar-refractivity contribution in [2.24, 2.45) is 0 Å². The highest BCUT2D eigenvalue weighted by Gasteiger charge is 2.52. The molecule has 19 heavy (non-hydrogen) atoms. The molecule has 0 saturated carbocycles. The summed E-state index contributed by atoms with van der Waals surface area (Å²) in [4.78, 5) is 3.49. The van der Waals surface area contributed by atoms with Gasteiger partial charge in [0.25, 0.3) is 0 Å². The van der Waals surface area contributed by atoms with Gasteiger partial charge in [-0.25, -0.2) is 4.85 Å². The number of hydrogen-bond acceptors (Lipinski definition) is 2. The number of nitrogens with zero attached hydrogens (tertiary/aromatic N) is 1. The second-order valence-corrected chi connectivity index (χ2v) is 6.19. The van der Waals surface area contributed by atoms with E-state index in [9.17, 15) is 0 Å². The van der Waals surface area contributed by atoms with Crippen molar-refractivity contribution < 1.29 is 9.31 Å². The fourth-order valence-electron chi connectivity index (χ4n) is 2.35. The molecule has 1 aromatic carbocycles. The molecule has 0 bridgehead atoms. The molecular formula is C15H20BNO2. The molecule has 1 fully saturated rings. The molecule has 0 unspecified atom stereocenters. The maximum atomic E-state index is 7.11. The van der Waals surface area contributed by atoms with Crippen LogP contribution in [-0.4, -0.2) is 18.3 Å². The van der Waals surface area contributed by atoms with E-state index in [-0.39, 0.29) is 18.3 Å². The topological polar surface area (TPSA) is 22.8 Å². The Morgan fingerprint density at radius 1 is 1.00 bits per heavy atom. The van der Waals surface area contributed by atoms with Gasteiger partial charge in [-0.2, -0.15) is 0 Å². The van der Waals surface area contributed by atoms with Crippen molar-refractivity contribution in [1.82, 2.24) is 0 Å². The molecule has 1 aromatic rings. The molecule has 1 aliphatic heterocycles. The minimum absolute atomic E-state index is 0.338. The lowest BCUT2D eigenvalue weighted by Gasteiger charge is -2.32. The van der Waals surface area contributed by atoms with E-state index < -0.39 is 0 Å². The van der Waals surface area contributed by atoms with Gasteiger partial charge in [0, 0.05) is 0 Å². The van der Waals surface area contributed by atoms with E-state index in [1.165, 1.54) is 0 Å². The zero-order valence-electron chi connectivity index (χ0n) is 12.5. The summed E-state index contributed by atoms with van der Waals surface area (Å²) >= 11 is 0. The highest BCUT2D eigenvalue weighted by molar-refractivity contribution is 6.63. The third-order valence-electron chi connectivity index (χ3n) is 4.20. The molecule has 0 radical (unpaired) electrons. The van der Waals surface area contributed by atoms with E-state index >= 15 is 0 Å². The fraction of sp³-hybridized carbons (Fsp3) is 0.533. The first kappa shape index (κ1) is 14.1. The summed E-state index contributed by atoms with van der Waals surface area (Å²) in [5.74, 6) is 0. The average Bonchev–Trinajstić information content (AvgIpc) is 2.46. The van der Waals surface area contributed by atoms with Crippen LogP contribution in [0.25, 0.3) is 4.85 Å². The van der Waals surface area contributed by atoms with Crippen molar-refractivity contribution in [3.8, 4) is 0 Å². The molecule has 0 spiro atoms. The summed E-state index contributed by atoms with van der Waals surface area (Å²) in [6, 6.07) is 3.78. The third-order valence-corrected chi connectivity index (χ3v) is 4.20. The standard InChI is InChI=1S/C15H20BNO2/c1-10-8-12(17-7)9-11(2)13(10)16-18-14(3,4)15(5,6)19-16/h8-9H,1-6H3. The average molecular weight is 257 g/mol. The summed E-state index contributed by atoms with van der Waals surface area (Å²) in [6.07, 6.45) is 0. The maximum absolute atomic E-state index is 7.11. The predicted molar refractivity (Wildman–Crippen MR) is 77.9 cm³/mol. The first-order chi connectivity index (χ1) is 8.68. The van der Waals surface area contributed by atoms with Crippen LogP contribution < -0.4 is 5.46 Å². The first-order valence-electron chi connectivity index (χ1n) is 6.52. The first-order valence-corrected chi connectivity index (χ1v) is 6.52. The Labute approximate surface area is 115 Å². The minimum Gasteiger partial charge on any atom is -0.399 e. The van der Waals surface area contributed by atoms with Crippen LogP contribution in [0.3, 0.4) is 0 Å². The van der Waals surface area contributed by atoms with E-state index in [0.717, 1.165) is 16.6 Å². The van der Waals surface area contributed by atoms with Gasteiger partial charge in [-0.3, -0.25) is 0 Å². The van der Waals surface area contributed by atoms with Gasteiger partial charge in [-0.1, -0.05) is 23.3 Å². The van der Waals surface area contributed by atoms with Crippen LogP contribution in [0.4, 0.5) is 5.69 Å². The van der Waals surface area contributed by atoms with Crippen LogP contribution in [0.5, 0.6) is 0 Å². The molecule has 0 aromatic heterocycles. The SMILES string of the molecule is [C-]#[N+]c1cc(C)c(B2OC(C)(C)C(C)(C)O2)c(C)c1. The summed E-state index contributed by atoms with van der Waals surface area (Å²) in [5.41, 5.74) is 3.12. The Kier molecular flexibility index (Phi) is 3.24. The van der Waals surface area contributed by atoms with Gasteiger partial charge in [0.05, 0.1) is 17.8 Å². The summed E-state index contributed by atoms with van der Waals surface area (Å²) in [7, 11) is -0.357. The normalized spacial score (nSPS) is 20.4. The zero-order chi connectivity index (χ0) is 14.4. The van der Waals surface area contributed by atoms with Crippen LogP contribution in [-0.2, 0) is 9.31 Å². The second kappa shape index (κ2) is 4.36. The highest BCUT2D eigenvalue weighted by atomic mass is 16.7. The van der Waals surface area contributed by atoms with Gasteiger partial charge in [-0.15, -0.1) is 0 Å². The second-order valence-electron chi connectivity index (χ2n) is 6.19. The Morgan fingerprint density at radius 3 is 1.79 bits per heavy atom. The molecule has 0 amide bonds. The van der Waals surface area contributed by atoms with Gasteiger partial charge in [0.1, 0.15) is 0 Å². The molecule has 100 valence electrons. The smallest absolute Gasteiger partial charge is 0.399 e. The van der Waals surface area contributed by atoms with Crippen LogP contribution >= 0.6 is 0 Å². The summed E-state index contributed by atoms with van der Waals surface area (Å²) < 4.78 is 12.2. The molecule has 1 heterocycles. The number of rotatable bonds is 1. The van der Waals surface area contributed by atoms with E-state index in [0.29, 0.717) is 5.69 Å². The van der Waals surface area contributed by atoms with Gasteiger partial charge in [0.2, 0.25) is 0 Å². The monoisotopic (exact) mass is 257 g/mol. The van der Waals surface area contributed by atoms with Gasteiger partial charge < -0.3 is 9.31 Å². The Hall–Kier alpha value is -1.31. The quantitative estimate of drug-likeness (QED) is 0.569. The number of aryl methyl sites for hydroxylation is 2. The summed E-state index contributed by atoms with van der Waals surface area (Å²) in [6.45, 7) is 19.3. The Morgan fingerprint density at radius 2 is 1.42 bits per heavy atom. The predicted octanol–water partition coefficient (Wildman–Crippen LogP) is 3.15. The Bertz CT molecular complexity index is 519. The van der Waals surface area contributed by atoms with Gasteiger partial charge in [-0.05, 0) is 47.0 Å². The van der Waals surface area contributed by atoms with Crippen molar-refractivity contribution in [3.63, 3.8) is 0 Å². The lowest BCUT2D eigenvalue weighted by Crippen LogP contribution is -2.41. The van der Waals surface area contributed by atoms with Crippen molar-refractivity contribution in [2.45, 2.75) is 52.7 Å². The van der Waals surface area contributed by atoms with Crippen LogP contribution in [0.1, 0.15) is 38.8 Å². The van der Waals surface area contributed by atoms with Crippen molar-refractivity contribution >= 4 is 18.3 Å². The largest absolute Gasteiger partial charge is 0.495 e. The molecule has 0 N–H and O–H groups in total. The lowest BCUT2D eigenvalue weighted by atomic mass is 9.73. The van der Waals surface area contributed by atoms with Crippen molar-refractivity contribution in [1.29, 1.82) is 0 Å². The minimum atomic E-state index is -0.357. The molecule has 0 aliphatic carbocycles. The maximum Gasteiger partial charge on any atom is 0.495 e. The molecule has 3 nitrogen and oxygen atoms in total. The number of benzene rings is 1. The van der Waals surface area contributed by atoms with E-state index in [2.05, 4.69) is 4.85 Å². The van der Waals surface area contributed by atoms with E-state index in [1.807, 2.05) is 53.7 Å². The Balaban J connectivity index is 2.44. The van der Waals surface area contributed by atoms with Crippen LogP contribution in [0.15, 0.2) is 12.1 Å². The molecular weight excluding hydrogens is 237 g/mol. The highest BCUT2D eigenvalue weighted by Crippen LogP contribution is 2.37. The van der Waals surface area contributed by atoms with Crippen LogP contribution in [0, 0.1) is 20.4 Å². The molecule has 1 saturated heterocycles. The van der Waals surface area contributed by atoms with E-state index in [4.69, 9.17) is 15.9 Å². The zero-order valence-corrected chi connectivity index (χ0v) is 12.5. The molecule has 1 aliphatic rings. The van der Waals surface area contributed by atoms with Gasteiger partial charge >= 0.3 is 7.12 Å². The number of hydrogen-bond donors (Lipinski definition) is 0.